The third kappa shape index (κ3) is 3.78. The Labute approximate surface area is 148 Å². The van der Waals surface area contributed by atoms with Crippen LogP contribution in [0.5, 0.6) is 5.88 Å². The molecule has 2 saturated heterocycles. The highest BCUT2D eigenvalue weighted by molar-refractivity contribution is 5.94. The summed E-state index contributed by atoms with van der Waals surface area (Å²) in [6.45, 7) is 3.01. The molecule has 1 saturated carbocycles. The van der Waals surface area contributed by atoms with Gasteiger partial charge in [-0.2, -0.15) is 0 Å². The average molecular weight is 343 g/mol. The standard InChI is InChI=1S/C19H25N3O3/c23-18-2-1-9-22(18)16-7-10-21(11-8-16)19(24)15-5-6-17(20-12-15)25-13-14-3-4-14/h5-6,12,14,16H,1-4,7-11,13H2. The predicted molar refractivity (Wildman–Crippen MR) is 92.3 cm³/mol. The van der Waals surface area contributed by atoms with Crippen LogP contribution in [0, 0.1) is 5.92 Å². The minimum atomic E-state index is 0.0208. The maximum Gasteiger partial charge on any atom is 0.255 e. The summed E-state index contributed by atoms with van der Waals surface area (Å²) in [7, 11) is 0. The third-order valence-corrected chi connectivity index (χ3v) is 5.45. The minimum Gasteiger partial charge on any atom is -0.477 e. The second kappa shape index (κ2) is 7.02. The Morgan fingerprint density at radius 3 is 2.56 bits per heavy atom. The fraction of sp³-hybridized carbons (Fsp3) is 0.632. The summed E-state index contributed by atoms with van der Waals surface area (Å²) < 4.78 is 5.62. The Balaban J connectivity index is 1.29. The number of aromatic nitrogens is 1. The Morgan fingerprint density at radius 2 is 1.96 bits per heavy atom. The topological polar surface area (TPSA) is 62.7 Å². The van der Waals surface area contributed by atoms with Crippen LogP contribution < -0.4 is 4.74 Å². The summed E-state index contributed by atoms with van der Waals surface area (Å²) in [6.07, 6.45) is 7.49. The fourth-order valence-corrected chi connectivity index (χ4v) is 3.70. The van der Waals surface area contributed by atoms with Crippen LogP contribution in [-0.2, 0) is 4.79 Å². The second-order valence-corrected chi connectivity index (χ2v) is 7.35. The van der Waals surface area contributed by atoms with Crippen molar-refractivity contribution in [3.8, 4) is 5.88 Å². The summed E-state index contributed by atoms with van der Waals surface area (Å²) >= 11 is 0. The van der Waals surface area contributed by atoms with Crippen molar-refractivity contribution < 1.29 is 14.3 Å². The van der Waals surface area contributed by atoms with E-state index in [9.17, 15) is 9.59 Å². The zero-order valence-corrected chi connectivity index (χ0v) is 14.5. The molecule has 6 nitrogen and oxygen atoms in total. The number of hydrogen-bond donors (Lipinski definition) is 0. The lowest BCUT2D eigenvalue weighted by atomic mass is 10.0. The molecule has 0 atom stereocenters. The number of hydrogen-bond acceptors (Lipinski definition) is 4. The molecule has 25 heavy (non-hydrogen) atoms. The number of likely N-dealkylation sites (tertiary alicyclic amines) is 2. The van der Waals surface area contributed by atoms with E-state index >= 15 is 0 Å². The number of carbonyl (C=O) groups is 2. The monoisotopic (exact) mass is 343 g/mol. The number of carbonyl (C=O) groups excluding carboxylic acids is 2. The Morgan fingerprint density at radius 1 is 1.16 bits per heavy atom. The van der Waals surface area contributed by atoms with Gasteiger partial charge in [-0.15, -0.1) is 0 Å². The lowest BCUT2D eigenvalue weighted by Gasteiger charge is -2.36. The fourth-order valence-electron chi connectivity index (χ4n) is 3.70. The number of amides is 2. The van der Waals surface area contributed by atoms with E-state index in [2.05, 4.69) is 4.98 Å². The van der Waals surface area contributed by atoms with Crippen LogP contribution in [0.15, 0.2) is 18.3 Å². The van der Waals surface area contributed by atoms with Crippen LogP contribution in [0.3, 0.4) is 0 Å². The van der Waals surface area contributed by atoms with Gasteiger partial charge in [-0.25, -0.2) is 4.98 Å². The van der Waals surface area contributed by atoms with Gasteiger partial charge >= 0.3 is 0 Å². The molecule has 3 fully saturated rings. The van der Waals surface area contributed by atoms with Gasteiger partial charge in [-0.1, -0.05) is 0 Å². The molecule has 134 valence electrons. The Hall–Kier alpha value is -2.11. The predicted octanol–water partition coefficient (Wildman–Crippen LogP) is 2.10. The molecule has 0 aromatic carbocycles. The van der Waals surface area contributed by atoms with Crippen molar-refractivity contribution in [3.63, 3.8) is 0 Å². The van der Waals surface area contributed by atoms with Gasteiger partial charge in [0.15, 0.2) is 0 Å². The van der Waals surface area contributed by atoms with E-state index in [0.717, 1.165) is 32.4 Å². The summed E-state index contributed by atoms with van der Waals surface area (Å²) in [5.41, 5.74) is 0.606. The summed E-state index contributed by atoms with van der Waals surface area (Å²) in [5, 5.41) is 0. The highest BCUT2D eigenvalue weighted by Crippen LogP contribution is 2.29. The molecule has 1 aromatic heterocycles. The van der Waals surface area contributed by atoms with Crippen molar-refractivity contribution >= 4 is 11.8 Å². The number of pyridine rings is 1. The lowest BCUT2D eigenvalue weighted by Crippen LogP contribution is -2.47. The number of piperidine rings is 1. The van der Waals surface area contributed by atoms with Gasteiger partial charge in [0.1, 0.15) is 0 Å². The van der Waals surface area contributed by atoms with Crippen LogP contribution in [0.4, 0.5) is 0 Å². The van der Waals surface area contributed by atoms with Gasteiger partial charge < -0.3 is 14.5 Å². The molecule has 3 heterocycles. The van der Waals surface area contributed by atoms with E-state index in [0.29, 0.717) is 42.9 Å². The molecule has 6 heteroatoms. The van der Waals surface area contributed by atoms with Gasteiger partial charge in [0.05, 0.1) is 12.2 Å². The molecule has 3 aliphatic rings. The van der Waals surface area contributed by atoms with Gasteiger partial charge in [-0.3, -0.25) is 9.59 Å². The van der Waals surface area contributed by atoms with Gasteiger partial charge in [0.2, 0.25) is 11.8 Å². The van der Waals surface area contributed by atoms with Crippen molar-refractivity contribution in [3.05, 3.63) is 23.9 Å². The van der Waals surface area contributed by atoms with Gasteiger partial charge in [0.25, 0.3) is 5.91 Å². The molecule has 0 spiro atoms. The second-order valence-electron chi connectivity index (χ2n) is 7.35. The van der Waals surface area contributed by atoms with E-state index < -0.39 is 0 Å². The highest BCUT2D eigenvalue weighted by Gasteiger charge is 2.32. The first-order chi connectivity index (χ1) is 12.2. The molecule has 0 N–H and O–H groups in total. The lowest BCUT2D eigenvalue weighted by molar-refractivity contribution is -0.130. The Kier molecular flexibility index (Phi) is 4.59. The molecule has 1 aromatic rings. The van der Waals surface area contributed by atoms with E-state index in [-0.39, 0.29) is 11.8 Å². The minimum absolute atomic E-state index is 0.0208. The van der Waals surface area contributed by atoms with E-state index in [1.807, 2.05) is 9.80 Å². The van der Waals surface area contributed by atoms with Gasteiger partial charge in [-0.05, 0) is 44.1 Å². The molecular formula is C19H25N3O3. The van der Waals surface area contributed by atoms with Crippen LogP contribution in [0.2, 0.25) is 0 Å². The number of ether oxygens (including phenoxy) is 1. The molecule has 1 aliphatic carbocycles. The van der Waals surface area contributed by atoms with Crippen LogP contribution in [-0.4, -0.2) is 58.9 Å². The zero-order chi connectivity index (χ0) is 17.2. The summed E-state index contributed by atoms with van der Waals surface area (Å²) in [6, 6.07) is 3.88. The largest absolute Gasteiger partial charge is 0.477 e. The normalized spacial score (nSPS) is 21.7. The maximum absolute atomic E-state index is 12.6. The number of nitrogens with zero attached hydrogens (tertiary/aromatic N) is 3. The molecule has 0 bridgehead atoms. The first kappa shape index (κ1) is 16.4. The summed E-state index contributed by atoms with van der Waals surface area (Å²) in [5.74, 6) is 1.57. The van der Waals surface area contributed by atoms with Crippen molar-refractivity contribution in [2.75, 3.05) is 26.2 Å². The summed E-state index contributed by atoms with van der Waals surface area (Å²) in [4.78, 5) is 32.7. The molecule has 0 radical (unpaired) electrons. The number of rotatable bonds is 5. The average Bonchev–Trinajstić information content (AvgIpc) is 3.39. The van der Waals surface area contributed by atoms with Crippen molar-refractivity contribution in [1.82, 2.24) is 14.8 Å². The van der Waals surface area contributed by atoms with E-state index in [1.165, 1.54) is 12.8 Å². The maximum atomic E-state index is 12.6. The van der Waals surface area contributed by atoms with Gasteiger partial charge in [0, 0.05) is 44.4 Å². The molecule has 4 rings (SSSR count). The van der Waals surface area contributed by atoms with Crippen molar-refractivity contribution in [2.45, 2.75) is 44.6 Å². The van der Waals surface area contributed by atoms with Crippen molar-refractivity contribution in [1.29, 1.82) is 0 Å². The molecule has 0 unspecified atom stereocenters. The smallest absolute Gasteiger partial charge is 0.255 e. The molecule has 2 amide bonds. The van der Waals surface area contributed by atoms with Crippen LogP contribution in [0.25, 0.3) is 0 Å². The quantitative estimate of drug-likeness (QED) is 0.821. The molecular weight excluding hydrogens is 318 g/mol. The van der Waals surface area contributed by atoms with E-state index in [1.54, 1.807) is 18.3 Å². The van der Waals surface area contributed by atoms with Crippen molar-refractivity contribution in [2.24, 2.45) is 5.92 Å². The molecule has 2 aliphatic heterocycles. The Bertz CT molecular complexity index is 634. The van der Waals surface area contributed by atoms with E-state index in [4.69, 9.17) is 4.74 Å². The first-order valence-electron chi connectivity index (χ1n) is 9.38. The van der Waals surface area contributed by atoms with Crippen LogP contribution >= 0.6 is 0 Å². The zero-order valence-electron chi connectivity index (χ0n) is 14.5. The van der Waals surface area contributed by atoms with Crippen LogP contribution in [0.1, 0.15) is 48.9 Å². The third-order valence-electron chi connectivity index (χ3n) is 5.45. The SMILES string of the molecule is O=C(c1ccc(OCC2CC2)nc1)N1CCC(N2CCCC2=O)CC1. The first-order valence-corrected chi connectivity index (χ1v) is 9.38. The highest BCUT2D eigenvalue weighted by atomic mass is 16.5.